The molecular weight excluding hydrogens is 264 g/mol. The van der Waals surface area contributed by atoms with Gasteiger partial charge >= 0.3 is 0 Å². The highest BCUT2D eigenvalue weighted by atomic mass is 32.2. The second-order valence-corrected chi connectivity index (χ2v) is 6.80. The largest absolute Gasteiger partial charge is 0.297 e. The molecule has 18 heavy (non-hydrogen) atoms. The molecule has 6 heteroatoms. The van der Waals surface area contributed by atoms with E-state index in [-0.39, 0.29) is 5.54 Å². The van der Waals surface area contributed by atoms with Crippen molar-refractivity contribution in [2.24, 2.45) is 0 Å². The van der Waals surface area contributed by atoms with Gasteiger partial charge in [0.05, 0.1) is 6.07 Å². The predicted octanol–water partition coefficient (Wildman–Crippen LogP) is 2.83. The quantitative estimate of drug-likeness (QED) is 0.587. The van der Waals surface area contributed by atoms with Gasteiger partial charge in [-0.2, -0.15) is 5.26 Å². The summed E-state index contributed by atoms with van der Waals surface area (Å²) in [5.74, 6) is 1.00. The number of thioether (sulfide) groups is 1. The van der Waals surface area contributed by atoms with Crippen molar-refractivity contribution in [1.29, 1.82) is 5.26 Å². The van der Waals surface area contributed by atoms with Crippen LogP contribution in [0.2, 0.25) is 0 Å². The van der Waals surface area contributed by atoms with Crippen LogP contribution in [0.25, 0.3) is 0 Å². The van der Waals surface area contributed by atoms with Gasteiger partial charge in [-0.05, 0) is 32.1 Å². The van der Waals surface area contributed by atoms with Crippen LogP contribution < -0.4 is 5.32 Å². The maximum atomic E-state index is 9.40. The Morgan fingerprint density at radius 3 is 3.06 bits per heavy atom. The Balaban J connectivity index is 1.73. The van der Waals surface area contributed by atoms with E-state index >= 15 is 0 Å². The summed E-state index contributed by atoms with van der Waals surface area (Å²) in [6, 6.07) is 3.07. The Kier molecular flexibility index (Phi) is 4.98. The van der Waals surface area contributed by atoms with Gasteiger partial charge in [-0.25, -0.2) is 0 Å². The zero-order valence-electron chi connectivity index (χ0n) is 10.6. The van der Waals surface area contributed by atoms with Gasteiger partial charge in [0.1, 0.15) is 11.0 Å². The topological polar surface area (TPSA) is 61.6 Å². The standard InChI is InChI=1S/C12H18N4S2/c1-2-12(8-13,15-10-4-5-10)6-3-7-17-11-16-14-9-18-11/h9-10,15H,2-7H2,1H3. The second-order valence-electron chi connectivity index (χ2n) is 4.62. The molecule has 0 aliphatic heterocycles. The lowest BCUT2D eigenvalue weighted by atomic mass is 9.92. The molecule has 0 spiro atoms. The maximum absolute atomic E-state index is 9.40. The smallest absolute Gasteiger partial charge is 0.174 e. The van der Waals surface area contributed by atoms with Crippen molar-refractivity contribution in [2.75, 3.05) is 5.75 Å². The lowest BCUT2D eigenvalue weighted by molar-refractivity contribution is 0.367. The van der Waals surface area contributed by atoms with Crippen molar-refractivity contribution in [3.05, 3.63) is 5.51 Å². The third-order valence-electron chi connectivity index (χ3n) is 3.19. The molecule has 1 aliphatic carbocycles. The minimum atomic E-state index is -0.317. The molecule has 98 valence electrons. The van der Waals surface area contributed by atoms with Crippen LogP contribution in [0.5, 0.6) is 0 Å². The van der Waals surface area contributed by atoms with Gasteiger partial charge in [0.2, 0.25) is 0 Å². The number of rotatable bonds is 8. The molecule has 0 aromatic carbocycles. The normalized spacial score (nSPS) is 18.2. The first-order valence-corrected chi connectivity index (χ1v) is 8.22. The minimum absolute atomic E-state index is 0.317. The van der Waals surface area contributed by atoms with Crippen LogP contribution in [0.3, 0.4) is 0 Å². The van der Waals surface area contributed by atoms with Crippen molar-refractivity contribution in [3.63, 3.8) is 0 Å². The van der Waals surface area contributed by atoms with Crippen molar-refractivity contribution in [3.8, 4) is 6.07 Å². The van der Waals surface area contributed by atoms with Gasteiger partial charge in [-0.1, -0.05) is 30.0 Å². The van der Waals surface area contributed by atoms with Crippen molar-refractivity contribution in [1.82, 2.24) is 15.5 Å². The van der Waals surface area contributed by atoms with Crippen LogP contribution in [0.15, 0.2) is 9.85 Å². The number of hydrogen-bond acceptors (Lipinski definition) is 6. The Hall–Kier alpha value is -0.640. The molecule has 1 heterocycles. The first-order chi connectivity index (χ1) is 8.78. The number of hydrogen-bond donors (Lipinski definition) is 1. The maximum Gasteiger partial charge on any atom is 0.174 e. The average Bonchev–Trinajstić information content (AvgIpc) is 3.05. The number of nitrogens with zero attached hydrogens (tertiary/aromatic N) is 3. The van der Waals surface area contributed by atoms with Crippen molar-refractivity contribution < 1.29 is 0 Å². The number of nitrogens with one attached hydrogen (secondary N) is 1. The van der Waals surface area contributed by atoms with Gasteiger partial charge < -0.3 is 0 Å². The van der Waals surface area contributed by atoms with E-state index in [1.54, 1.807) is 28.6 Å². The third kappa shape index (κ3) is 3.94. The molecule has 1 N–H and O–H groups in total. The number of nitriles is 1. The van der Waals surface area contributed by atoms with E-state index in [1.165, 1.54) is 12.8 Å². The Morgan fingerprint density at radius 2 is 2.50 bits per heavy atom. The zero-order chi connectivity index (χ0) is 12.8. The van der Waals surface area contributed by atoms with E-state index in [4.69, 9.17) is 0 Å². The second kappa shape index (κ2) is 6.50. The lowest BCUT2D eigenvalue weighted by Crippen LogP contribution is -2.44. The highest BCUT2D eigenvalue weighted by molar-refractivity contribution is 8.00. The highest BCUT2D eigenvalue weighted by Gasteiger charge is 2.34. The van der Waals surface area contributed by atoms with Crippen molar-refractivity contribution in [2.45, 2.75) is 54.9 Å². The molecule has 1 atom stereocenters. The zero-order valence-corrected chi connectivity index (χ0v) is 12.2. The van der Waals surface area contributed by atoms with Crippen LogP contribution in [0.1, 0.15) is 39.0 Å². The molecule has 1 aromatic heterocycles. The van der Waals surface area contributed by atoms with Gasteiger partial charge in [-0.15, -0.1) is 10.2 Å². The predicted molar refractivity (Wildman–Crippen MR) is 74.7 cm³/mol. The van der Waals surface area contributed by atoms with Gasteiger partial charge in [-0.3, -0.25) is 5.32 Å². The summed E-state index contributed by atoms with van der Waals surface area (Å²) in [7, 11) is 0. The van der Waals surface area contributed by atoms with E-state index in [0.717, 1.165) is 29.4 Å². The molecule has 0 amide bonds. The summed E-state index contributed by atoms with van der Waals surface area (Å²) in [6.45, 7) is 2.09. The molecule has 0 radical (unpaired) electrons. The van der Waals surface area contributed by atoms with Crippen LogP contribution in [0, 0.1) is 11.3 Å². The molecule has 1 saturated carbocycles. The fourth-order valence-electron chi connectivity index (χ4n) is 1.90. The minimum Gasteiger partial charge on any atom is -0.297 e. The Bertz CT molecular complexity index is 397. The summed E-state index contributed by atoms with van der Waals surface area (Å²) in [5.41, 5.74) is 1.44. The Morgan fingerprint density at radius 1 is 1.67 bits per heavy atom. The van der Waals surface area contributed by atoms with E-state index in [1.807, 2.05) is 0 Å². The van der Waals surface area contributed by atoms with Gasteiger partial charge in [0, 0.05) is 11.8 Å². The van der Waals surface area contributed by atoms with Crippen LogP contribution >= 0.6 is 23.1 Å². The monoisotopic (exact) mass is 282 g/mol. The van der Waals surface area contributed by atoms with Crippen LogP contribution in [-0.4, -0.2) is 27.5 Å². The summed E-state index contributed by atoms with van der Waals surface area (Å²) in [6.07, 6.45) is 5.28. The summed E-state index contributed by atoms with van der Waals surface area (Å²) in [5, 5.41) is 20.7. The summed E-state index contributed by atoms with van der Waals surface area (Å²) >= 11 is 3.30. The first-order valence-electron chi connectivity index (χ1n) is 6.36. The highest BCUT2D eigenvalue weighted by Crippen LogP contribution is 2.28. The lowest BCUT2D eigenvalue weighted by Gasteiger charge is -2.26. The van der Waals surface area contributed by atoms with E-state index in [9.17, 15) is 5.26 Å². The van der Waals surface area contributed by atoms with Crippen LogP contribution in [0.4, 0.5) is 0 Å². The number of aromatic nitrogens is 2. The SMILES string of the molecule is CCC(C#N)(CCCSc1nncs1)NC1CC1. The van der Waals surface area contributed by atoms with Crippen LogP contribution in [-0.2, 0) is 0 Å². The first kappa shape index (κ1) is 13.8. The molecule has 2 rings (SSSR count). The van der Waals surface area contributed by atoms with Gasteiger partial charge in [0.15, 0.2) is 4.34 Å². The average molecular weight is 282 g/mol. The van der Waals surface area contributed by atoms with E-state index < -0.39 is 0 Å². The third-order valence-corrected chi connectivity index (χ3v) is 5.14. The fourth-order valence-corrected chi connectivity index (χ4v) is 3.39. The molecule has 0 saturated heterocycles. The molecule has 1 aromatic rings. The molecule has 0 bridgehead atoms. The molecule has 1 fully saturated rings. The van der Waals surface area contributed by atoms with E-state index in [2.05, 4.69) is 28.5 Å². The summed E-state index contributed by atoms with van der Waals surface area (Å²) < 4.78 is 1.02. The molecule has 1 aliphatic rings. The van der Waals surface area contributed by atoms with Gasteiger partial charge in [0.25, 0.3) is 0 Å². The fraction of sp³-hybridized carbons (Fsp3) is 0.750. The van der Waals surface area contributed by atoms with E-state index in [0.29, 0.717) is 6.04 Å². The molecule has 1 unspecified atom stereocenters. The Labute approximate surface area is 116 Å². The summed E-state index contributed by atoms with van der Waals surface area (Å²) in [4.78, 5) is 0. The molecular formula is C12H18N4S2. The molecule has 4 nitrogen and oxygen atoms in total. The van der Waals surface area contributed by atoms with Crippen molar-refractivity contribution >= 4 is 23.1 Å².